The number of benzene rings is 1. The third-order valence-corrected chi connectivity index (χ3v) is 3.07. The molecule has 1 aromatic rings. The SMILES string of the molecule is C=C(C)C(=O)OCC[N+](C)(C)CC.CC.CC.Cc1ccccc1. The van der Waals surface area contributed by atoms with Crippen LogP contribution >= 0.6 is 0 Å². The van der Waals surface area contributed by atoms with Crippen LogP contribution in [0.25, 0.3) is 0 Å². The molecule has 0 radical (unpaired) electrons. The van der Waals surface area contributed by atoms with E-state index in [9.17, 15) is 4.79 Å². The van der Waals surface area contributed by atoms with Crippen LogP contribution in [0.4, 0.5) is 0 Å². The molecule has 0 aliphatic heterocycles. The summed E-state index contributed by atoms with van der Waals surface area (Å²) in [5, 5.41) is 0. The molecule has 1 rings (SSSR count). The number of esters is 1. The van der Waals surface area contributed by atoms with Gasteiger partial charge in [-0.25, -0.2) is 4.79 Å². The van der Waals surface area contributed by atoms with Crippen molar-refractivity contribution in [2.45, 2.75) is 48.5 Å². The second-order valence-corrected chi connectivity index (χ2v) is 5.55. The van der Waals surface area contributed by atoms with E-state index < -0.39 is 0 Å². The number of carbonyl (C=O) groups excluding carboxylic acids is 1. The molecule has 0 unspecified atom stereocenters. The van der Waals surface area contributed by atoms with Gasteiger partial charge in [-0.3, -0.25) is 0 Å². The minimum Gasteiger partial charge on any atom is -0.456 e. The molecule has 0 N–H and O–H groups in total. The average molecular weight is 339 g/mol. The van der Waals surface area contributed by atoms with E-state index in [1.54, 1.807) is 6.92 Å². The first-order chi connectivity index (χ1) is 11.3. The highest BCUT2D eigenvalue weighted by atomic mass is 16.5. The van der Waals surface area contributed by atoms with E-state index in [0.717, 1.165) is 17.6 Å². The summed E-state index contributed by atoms with van der Waals surface area (Å²) in [6.45, 7) is 19.7. The zero-order valence-corrected chi connectivity index (χ0v) is 17.5. The van der Waals surface area contributed by atoms with Crippen molar-refractivity contribution in [1.29, 1.82) is 0 Å². The zero-order chi connectivity index (χ0) is 19.6. The van der Waals surface area contributed by atoms with Crippen molar-refractivity contribution in [3.05, 3.63) is 48.0 Å². The normalized spacial score (nSPS) is 9.04. The summed E-state index contributed by atoms with van der Waals surface area (Å²) < 4.78 is 5.85. The Balaban J connectivity index is -0.000000335. The Morgan fingerprint density at radius 1 is 1.08 bits per heavy atom. The lowest BCUT2D eigenvalue weighted by molar-refractivity contribution is -0.888. The summed E-state index contributed by atoms with van der Waals surface area (Å²) in [5.41, 5.74) is 1.78. The van der Waals surface area contributed by atoms with Gasteiger partial charge in [-0.15, -0.1) is 0 Å². The molecule has 0 aliphatic carbocycles. The van der Waals surface area contributed by atoms with Gasteiger partial charge in [0.2, 0.25) is 0 Å². The number of ether oxygens (including phenoxy) is 1. The Bertz CT molecular complexity index is 411. The molecule has 24 heavy (non-hydrogen) atoms. The lowest BCUT2D eigenvalue weighted by atomic mass is 10.2. The molecule has 0 aliphatic rings. The van der Waals surface area contributed by atoms with E-state index in [1.165, 1.54) is 5.56 Å². The molecule has 0 saturated carbocycles. The number of aryl methyl sites for hydroxylation is 1. The van der Waals surface area contributed by atoms with Crippen molar-refractivity contribution in [3.63, 3.8) is 0 Å². The van der Waals surface area contributed by atoms with Gasteiger partial charge in [0.15, 0.2) is 0 Å². The maximum absolute atomic E-state index is 11.0. The number of carbonyl (C=O) groups is 1. The summed E-state index contributed by atoms with van der Waals surface area (Å²) in [6.07, 6.45) is 0. The van der Waals surface area contributed by atoms with Crippen LogP contribution < -0.4 is 0 Å². The predicted molar refractivity (Wildman–Crippen MR) is 107 cm³/mol. The fourth-order valence-corrected chi connectivity index (χ4v) is 1.20. The zero-order valence-electron chi connectivity index (χ0n) is 17.5. The highest BCUT2D eigenvalue weighted by Gasteiger charge is 2.12. The number of nitrogens with zero attached hydrogens (tertiary/aromatic N) is 1. The maximum Gasteiger partial charge on any atom is 0.333 e. The fraction of sp³-hybridized carbons (Fsp3) is 0.571. The lowest BCUT2D eigenvalue weighted by Gasteiger charge is -2.27. The molecule has 0 atom stereocenters. The molecular weight excluding hydrogens is 298 g/mol. The summed E-state index contributed by atoms with van der Waals surface area (Å²) in [4.78, 5) is 11.0. The van der Waals surface area contributed by atoms with Crippen LogP contribution in [-0.2, 0) is 9.53 Å². The standard InChI is InChI=1S/C10H20NO2.C7H8.2C2H6/c1-6-11(4,5)7-8-13-10(12)9(2)3;1-7-5-3-2-4-6-7;2*1-2/h2,6-8H2,1,3-5H3;2-6H,1H3;2*1-2H3/q+1;;;. The van der Waals surface area contributed by atoms with Gasteiger partial charge in [-0.2, -0.15) is 0 Å². The van der Waals surface area contributed by atoms with Gasteiger partial charge < -0.3 is 9.22 Å². The number of quaternary nitrogens is 1. The van der Waals surface area contributed by atoms with Crippen LogP contribution in [0, 0.1) is 6.92 Å². The molecule has 0 amide bonds. The molecule has 0 fully saturated rings. The minimum absolute atomic E-state index is 0.295. The quantitative estimate of drug-likeness (QED) is 0.416. The Morgan fingerprint density at radius 3 is 1.83 bits per heavy atom. The van der Waals surface area contributed by atoms with E-state index in [2.05, 4.69) is 46.7 Å². The highest BCUT2D eigenvalue weighted by Crippen LogP contribution is 1.97. The molecule has 0 heterocycles. The summed E-state index contributed by atoms with van der Waals surface area (Å²) in [5.74, 6) is -0.295. The van der Waals surface area contributed by atoms with Crippen molar-refractivity contribution in [2.24, 2.45) is 0 Å². The van der Waals surface area contributed by atoms with Crippen LogP contribution in [0.3, 0.4) is 0 Å². The third-order valence-electron chi connectivity index (χ3n) is 3.07. The van der Waals surface area contributed by atoms with Crippen LogP contribution in [0.15, 0.2) is 42.5 Å². The third kappa shape index (κ3) is 18.4. The lowest BCUT2D eigenvalue weighted by Crippen LogP contribution is -2.42. The molecule has 140 valence electrons. The van der Waals surface area contributed by atoms with Crippen molar-refractivity contribution in [2.75, 3.05) is 33.8 Å². The topological polar surface area (TPSA) is 26.3 Å². The average Bonchev–Trinajstić information content (AvgIpc) is 2.59. The van der Waals surface area contributed by atoms with Crippen molar-refractivity contribution < 1.29 is 14.0 Å². The van der Waals surface area contributed by atoms with Gasteiger partial charge in [-0.1, -0.05) is 70.2 Å². The van der Waals surface area contributed by atoms with Gasteiger partial charge >= 0.3 is 5.97 Å². The minimum atomic E-state index is -0.295. The van der Waals surface area contributed by atoms with E-state index in [4.69, 9.17) is 4.74 Å². The van der Waals surface area contributed by atoms with Crippen molar-refractivity contribution in [3.8, 4) is 0 Å². The molecule has 3 nitrogen and oxygen atoms in total. The van der Waals surface area contributed by atoms with Gasteiger partial charge in [-0.05, 0) is 20.8 Å². The second-order valence-electron chi connectivity index (χ2n) is 5.55. The number of rotatable bonds is 5. The Hall–Kier alpha value is -1.61. The van der Waals surface area contributed by atoms with E-state index in [1.807, 2.05) is 45.9 Å². The highest BCUT2D eigenvalue weighted by molar-refractivity contribution is 5.86. The van der Waals surface area contributed by atoms with E-state index in [0.29, 0.717) is 12.2 Å². The second kappa shape index (κ2) is 17.7. The Kier molecular flexibility index (Phi) is 20.1. The summed E-state index contributed by atoms with van der Waals surface area (Å²) >= 11 is 0. The number of hydrogen-bond acceptors (Lipinski definition) is 2. The van der Waals surface area contributed by atoms with Crippen molar-refractivity contribution >= 4 is 5.97 Å². The smallest absolute Gasteiger partial charge is 0.333 e. The Morgan fingerprint density at radius 2 is 1.54 bits per heavy atom. The molecule has 0 aromatic heterocycles. The first-order valence-electron chi connectivity index (χ1n) is 8.95. The van der Waals surface area contributed by atoms with Gasteiger partial charge in [0.25, 0.3) is 0 Å². The molecule has 0 bridgehead atoms. The monoisotopic (exact) mass is 338 g/mol. The summed E-state index contributed by atoms with van der Waals surface area (Å²) in [7, 11) is 4.21. The van der Waals surface area contributed by atoms with Crippen LogP contribution in [0.2, 0.25) is 0 Å². The largest absolute Gasteiger partial charge is 0.456 e. The molecule has 1 aromatic carbocycles. The maximum atomic E-state index is 11.0. The number of hydrogen-bond donors (Lipinski definition) is 0. The molecule has 0 spiro atoms. The first kappa shape index (κ1) is 27.2. The fourth-order valence-electron chi connectivity index (χ4n) is 1.20. The van der Waals surface area contributed by atoms with Gasteiger partial charge in [0.05, 0.1) is 20.6 Å². The predicted octanol–water partition coefficient (Wildman–Crippen LogP) is 5.25. The van der Waals surface area contributed by atoms with Crippen molar-refractivity contribution in [1.82, 2.24) is 0 Å². The first-order valence-corrected chi connectivity index (χ1v) is 8.95. The summed E-state index contributed by atoms with van der Waals surface area (Å²) in [6, 6.07) is 10.3. The molecular formula is C21H40NO2+. The number of likely N-dealkylation sites (N-methyl/N-ethyl adjacent to an activating group) is 1. The van der Waals surface area contributed by atoms with E-state index in [-0.39, 0.29) is 5.97 Å². The Labute approximate surface area is 150 Å². The molecule has 3 heteroatoms. The van der Waals surface area contributed by atoms with Crippen LogP contribution in [0.5, 0.6) is 0 Å². The van der Waals surface area contributed by atoms with E-state index >= 15 is 0 Å². The van der Waals surface area contributed by atoms with Gasteiger partial charge in [0.1, 0.15) is 13.2 Å². The van der Waals surface area contributed by atoms with Crippen LogP contribution in [0.1, 0.15) is 47.1 Å². The van der Waals surface area contributed by atoms with Crippen LogP contribution in [-0.4, -0.2) is 44.2 Å². The molecule has 0 saturated heterocycles. The van der Waals surface area contributed by atoms with Gasteiger partial charge in [0, 0.05) is 5.57 Å².